The summed E-state index contributed by atoms with van der Waals surface area (Å²) in [7, 11) is 0. The molecule has 0 spiro atoms. The summed E-state index contributed by atoms with van der Waals surface area (Å²) in [5.74, 6) is 1.01. The second kappa shape index (κ2) is 3.37. The van der Waals surface area contributed by atoms with Gasteiger partial charge < -0.3 is 10.3 Å². The van der Waals surface area contributed by atoms with Gasteiger partial charge in [-0.15, -0.1) is 0 Å². The summed E-state index contributed by atoms with van der Waals surface area (Å²) in [4.78, 5) is 4.08. The molecule has 1 radical (unpaired) electrons. The fourth-order valence-corrected chi connectivity index (χ4v) is 0.991. The van der Waals surface area contributed by atoms with Crippen LogP contribution < -0.4 is 5.73 Å². The Bertz CT molecular complexity index is 383. The van der Waals surface area contributed by atoms with Gasteiger partial charge >= 0.3 is 0 Å². The molecule has 1 heterocycles. The number of nitrogens with zero attached hydrogens (tertiary/aromatic N) is 2. The maximum absolute atomic E-state index is 5.34. The van der Waals surface area contributed by atoms with Gasteiger partial charge in [-0.3, -0.25) is 0 Å². The topological polar surface area (TPSA) is 64.9 Å². The molecule has 0 unspecified atom stereocenters. The molecule has 2 aromatic rings. The molecule has 0 bridgehead atoms. The summed E-state index contributed by atoms with van der Waals surface area (Å²) < 4.78 is 4.87. The number of rotatable bonds is 2. The van der Waals surface area contributed by atoms with Gasteiger partial charge in [0.15, 0.2) is 0 Å². The minimum absolute atomic E-state index is 0.270. The maximum atomic E-state index is 5.34. The first-order valence-electron chi connectivity index (χ1n) is 3.89. The average molecular weight is 174 g/mol. The van der Waals surface area contributed by atoms with Crippen molar-refractivity contribution in [3.63, 3.8) is 0 Å². The van der Waals surface area contributed by atoms with Crippen LogP contribution in [0.4, 0.5) is 0 Å². The summed E-state index contributed by atoms with van der Waals surface area (Å²) >= 11 is 0. The van der Waals surface area contributed by atoms with Gasteiger partial charge in [0.05, 0.1) is 6.54 Å². The number of nitrogens with two attached hydrogens (primary N) is 1. The van der Waals surface area contributed by atoms with E-state index in [9.17, 15) is 0 Å². The minimum Gasteiger partial charge on any atom is -0.338 e. The van der Waals surface area contributed by atoms with E-state index in [0.29, 0.717) is 11.7 Å². The van der Waals surface area contributed by atoms with Gasteiger partial charge in [-0.2, -0.15) is 4.98 Å². The Kier molecular flexibility index (Phi) is 2.06. The van der Waals surface area contributed by atoms with Crippen molar-refractivity contribution < 1.29 is 4.52 Å². The van der Waals surface area contributed by atoms with Crippen LogP contribution in [-0.2, 0) is 6.54 Å². The molecule has 0 atom stereocenters. The lowest BCUT2D eigenvalue weighted by Crippen LogP contribution is -1.95. The Hall–Kier alpha value is -1.68. The van der Waals surface area contributed by atoms with E-state index in [-0.39, 0.29) is 6.54 Å². The van der Waals surface area contributed by atoms with E-state index in [0.717, 1.165) is 5.56 Å². The van der Waals surface area contributed by atoms with Crippen molar-refractivity contribution >= 4 is 0 Å². The van der Waals surface area contributed by atoms with Crippen LogP contribution in [0.5, 0.6) is 0 Å². The molecular formula is C9H8N3O. The SMILES string of the molecule is NCc1nc(-c2cc[c]cc2)no1. The molecule has 2 N–H and O–H groups in total. The van der Waals surface area contributed by atoms with Crippen LogP contribution in [-0.4, -0.2) is 10.1 Å². The second-order valence-corrected chi connectivity index (χ2v) is 2.50. The van der Waals surface area contributed by atoms with E-state index in [1.165, 1.54) is 0 Å². The van der Waals surface area contributed by atoms with Crippen molar-refractivity contribution in [1.82, 2.24) is 10.1 Å². The Morgan fingerprint density at radius 3 is 2.77 bits per heavy atom. The van der Waals surface area contributed by atoms with Crippen LogP contribution in [0.25, 0.3) is 11.4 Å². The lowest BCUT2D eigenvalue weighted by molar-refractivity contribution is 0.380. The summed E-state index contributed by atoms with van der Waals surface area (Å²) in [6.45, 7) is 0.270. The molecule has 1 aromatic carbocycles. The van der Waals surface area contributed by atoms with E-state index in [4.69, 9.17) is 10.3 Å². The number of hydrogen-bond acceptors (Lipinski definition) is 4. The summed E-state index contributed by atoms with van der Waals surface area (Å²) in [5.41, 5.74) is 6.24. The molecule has 0 aliphatic carbocycles. The standard InChI is InChI=1S/C9H8N3O/c10-6-8-11-9(12-13-8)7-4-2-1-3-5-7/h2-5H,6,10H2. The smallest absolute Gasteiger partial charge is 0.240 e. The predicted molar refractivity (Wildman–Crippen MR) is 46.5 cm³/mol. The van der Waals surface area contributed by atoms with Gasteiger partial charge in [0.25, 0.3) is 0 Å². The molecule has 65 valence electrons. The quantitative estimate of drug-likeness (QED) is 0.737. The van der Waals surface area contributed by atoms with Crippen molar-refractivity contribution in [2.24, 2.45) is 5.73 Å². The van der Waals surface area contributed by atoms with Crippen LogP contribution >= 0.6 is 0 Å². The third kappa shape index (κ3) is 1.57. The monoisotopic (exact) mass is 174 g/mol. The van der Waals surface area contributed by atoms with E-state index >= 15 is 0 Å². The molecule has 4 nitrogen and oxygen atoms in total. The van der Waals surface area contributed by atoms with Crippen molar-refractivity contribution in [2.45, 2.75) is 6.54 Å². The normalized spacial score (nSPS) is 10.2. The summed E-state index contributed by atoms with van der Waals surface area (Å²) in [5, 5.41) is 3.78. The molecule has 1 aromatic heterocycles. The van der Waals surface area contributed by atoms with Gasteiger partial charge in [0, 0.05) is 5.56 Å². The third-order valence-corrected chi connectivity index (χ3v) is 1.62. The Morgan fingerprint density at radius 1 is 1.38 bits per heavy atom. The predicted octanol–water partition coefficient (Wildman–Crippen LogP) is 0.995. The van der Waals surface area contributed by atoms with E-state index in [1.54, 1.807) is 12.1 Å². The van der Waals surface area contributed by atoms with Crippen molar-refractivity contribution in [2.75, 3.05) is 0 Å². The molecule has 0 fully saturated rings. The van der Waals surface area contributed by atoms with Crippen LogP contribution in [0.15, 0.2) is 28.8 Å². The first-order valence-corrected chi connectivity index (χ1v) is 3.89. The molecule has 4 heteroatoms. The van der Waals surface area contributed by atoms with Crippen LogP contribution in [0.2, 0.25) is 0 Å². The largest absolute Gasteiger partial charge is 0.338 e. The molecule has 0 saturated heterocycles. The Morgan fingerprint density at radius 2 is 2.15 bits per heavy atom. The highest BCUT2D eigenvalue weighted by Crippen LogP contribution is 2.13. The molecule has 13 heavy (non-hydrogen) atoms. The lowest BCUT2D eigenvalue weighted by Gasteiger charge is -1.89. The zero-order valence-corrected chi connectivity index (χ0v) is 6.90. The highest BCUT2D eigenvalue weighted by Gasteiger charge is 2.05. The second-order valence-electron chi connectivity index (χ2n) is 2.50. The van der Waals surface area contributed by atoms with Gasteiger partial charge in [0.2, 0.25) is 11.7 Å². The fraction of sp³-hybridized carbons (Fsp3) is 0.111. The summed E-state index contributed by atoms with van der Waals surface area (Å²) in [6.07, 6.45) is 0. The van der Waals surface area contributed by atoms with E-state index in [2.05, 4.69) is 16.2 Å². The lowest BCUT2D eigenvalue weighted by atomic mass is 10.2. The van der Waals surface area contributed by atoms with Gasteiger partial charge in [-0.1, -0.05) is 29.4 Å². The number of aromatic nitrogens is 2. The Labute approximate surface area is 75.4 Å². The molecule has 2 rings (SSSR count). The fourth-order valence-electron chi connectivity index (χ4n) is 0.991. The van der Waals surface area contributed by atoms with Crippen LogP contribution in [0, 0.1) is 6.07 Å². The van der Waals surface area contributed by atoms with Gasteiger partial charge in [-0.05, 0) is 6.07 Å². The van der Waals surface area contributed by atoms with Crippen LogP contribution in [0.1, 0.15) is 5.89 Å². The van der Waals surface area contributed by atoms with Crippen LogP contribution in [0.3, 0.4) is 0 Å². The molecule has 0 amide bonds. The minimum atomic E-state index is 0.270. The van der Waals surface area contributed by atoms with E-state index in [1.807, 2.05) is 12.1 Å². The number of hydrogen-bond donors (Lipinski definition) is 1. The first-order chi connectivity index (χ1) is 6.40. The molecular weight excluding hydrogens is 166 g/mol. The first kappa shape index (κ1) is 7.94. The molecule has 0 saturated carbocycles. The van der Waals surface area contributed by atoms with Gasteiger partial charge in [0.1, 0.15) is 0 Å². The van der Waals surface area contributed by atoms with Crippen molar-refractivity contribution in [1.29, 1.82) is 0 Å². The highest BCUT2D eigenvalue weighted by molar-refractivity contribution is 5.53. The van der Waals surface area contributed by atoms with Crippen molar-refractivity contribution in [3.8, 4) is 11.4 Å². The zero-order chi connectivity index (χ0) is 9.10. The third-order valence-electron chi connectivity index (χ3n) is 1.62. The van der Waals surface area contributed by atoms with E-state index < -0.39 is 0 Å². The average Bonchev–Trinajstić information content (AvgIpc) is 2.67. The maximum Gasteiger partial charge on any atom is 0.240 e. The zero-order valence-electron chi connectivity index (χ0n) is 6.90. The van der Waals surface area contributed by atoms with Gasteiger partial charge in [-0.25, -0.2) is 0 Å². The summed E-state index contributed by atoms with van der Waals surface area (Å²) in [6, 6.07) is 10.2. The number of benzene rings is 1. The highest BCUT2D eigenvalue weighted by atomic mass is 16.5. The molecule has 0 aliphatic rings. The van der Waals surface area contributed by atoms with Crippen molar-refractivity contribution in [3.05, 3.63) is 36.2 Å². The molecule has 0 aliphatic heterocycles. The Balaban J connectivity index is 2.36.